The van der Waals surface area contributed by atoms with Gasteiger partial charge in [-0.15, -0.1) is 0 Å². The van der Waals surface area contributed by atoms with Crippen LogP contribution in [0.2, 0.25) is 0 Å². The minimum atomic E-state index is 0.0497. The number of amides is 1. The molecule has 2 saturated heterocycles. The second-order valence-corrected chi connectivity index (χ2v) is 5.77. The van der Waals surface area contributed by atoms with Crippen molar-refractivity contribution in [3.63, 3.8) is 0 Å². The van der Waals surface area contributed by atoms with E-state index in [0.29, 0.717) is 18.7 Å². The van der Waals surface area contributed by atoms with Crippen LogP contribution in [0, 0.1) is 0 Å². The first-order chi connectivity index (χ1) is 10.2. The van der Waals surface area contributed by atoms with Crippen LogP contribution >= 0.6 is 0 Å². The van der Waals surface area contributed by atoms with Crippen molar-refractivity contribution in [2.24, 2.45) is 5.73 Å². The van der Waals surface area contributed by atoms with Crippen LogP contribution < -0.4 is 10.5 Å². The first-order valence-corrected chi connectivity index (χ1v) is 7.62. The van der Waals surface area contributed by atoms with E-state index in [-0.39, 0.29) is 18.1 Å². The van der Waals surface area contributed by atoms with Crippen LogP contribution in [-0.4, -0.2) is 49.3 Å². The van der Waals surface area contributed by atoms with Crippen molar-refractivity contribution in [1.82, 2.24) is 4.90 Å². The van der Waals surface area contributed by atoms with Crippen LogP contribution in [0.4, 0.5) is 0 Å². The molecule has 5 nitrogen and oxygen atoms in total. The van der Waals surface area contributed by atoms with Gasteiger partial charge in [-0.3, -0.25) is 4.79 Å². The van der Waals surface area contributed by atoms with E-state index < -0.39 is 0 Å². The molecule has 0 saturated carbocycles. The molecule has 2 N–H and O–H groups in total. The Kier molecular flexibility index (Phi) is 4.41. The molecular weight excluding hydrogens is 268 g/mol. The van der Waals surface area contributed by atoms with E-state index in [4.69, 9.17) is 15.2 Å². The lowest BCUT2D eigenvalue weighted by atomic mass is 10.2. The Labute approximate surface area is 125 Å². The maximum Gasteiger partial charge on any atom is 0.253 e. The fourth-order valence-electron chi connectivity index (χ4n) is 2.81. The van der Waals surface area contributed by atoms with Gasteiger partial charge in [0.05, 0.1) is 6.10 Å². The third kappa shape index (κ3) is 3.54. The summed E-state index contributed by atoms with van der Waals surface area (Å²) in [6.07, 6.45) is 3.26. The molecule has 0 spiro atoms. The number of benzene rings is 1. The number of ether oxygens (including phenoxy) is 2. The number of likely N-dealkylation sites (tertiary alicyclic amines) is 1. The zero-order chi connectivity index (χ0) is 14.7. The molecule has 1 amide bonds. The lowest BCUT2D eigenvalue weighted by Crippen LogP contribution is -2.31. The van der Waals surface area contributed by atoms with E-state index in [1.165, 1.54) is 0 Å². The summed E-state index contributed by atoms with van der Waals surface area (Å²) in [5.41, 5.74) is 6.53. The van der Waals surface area contributed by atoms with E-state index >= 15 is 0 Å². The molecule has 5 heteroatoms. The molecule has 2 atom stereocenters. The summed E-state index contributed by atoms with van der Waals surface area (Å²) < 4.78 is 11.2. The normalized spacial score (nSPS) is 25.3. The van der Waals surface area contributed by atoms with Crippen molar-refractivity contribution in [2.75, 3.05) is 26.3 Å². The summed E-state index contributed by atoms with van der Waals surface area (Å²) >= 11 is 0. The highest BCUT2D eigenvalue weighted by Crippen LogP contribution is 2.18. The molecule has 0 unspecified atom stereocenters. The molecule has 2 fully saturated rings. The number of nitrogens with zero attached hydrogens (tertiary/aromatic N) is 1. The lowest BCUT2D eigenvalue weighted by molar-refractivity contribution is 0.0679. The fourth-order valence-corrected chi connectivity index (χ4v) is 2.81. The summed E-state index contributed by atoms with van der Waals surface area (Å²) in [7, 11) is 0. The molecule has 1 aromatic rings. The number of carbonyl (C=O) groups excluding carboxylic acids is 1. The van der Waals surface area contributed by atoms with Gasteiger partial charge in [0.1, 0.15) is 12.4 Å². The maximum absolute atomic E-state index is 12.3. The predicted octanol–water partition coefficient (Wildman–Crippen LogP) is 1.42. The van der Waals surface area contributed by atoms with Gasteiger partial charge in [0.15, 0.2) is 0 Å². The van der Waals surface area contributed by atoms with Gasteiger partial charge in [-0.25, -0.2) is 0 Å². The van der Waals surface area contributed by atoms with Crippen molar-refractivity contribution in [3.05, 3.63) is 29.8 Å². The number of rotatable bonds is 4. The van der Waals surface area contributed by atoms with E-state index in [9.17, 15) is 4.79 Å². The van der Waals surface area contributed by atoms with Crippen molar-refractivity contribution in [1.29, 1.82) is 0 Å². The van der Waals surface area contributed by atoms with Crippen LogP contribution in [-0.2, 0) is 4.74 Å². The van der Waals surface area contributed by atoms with Crippen LogP contribution in [0.25, 0.3) is 0 Å². The van der Waals surface area contributed by atoms with E-state index in [0.717, 1.165) is 38.2 Å². The first kappa shape index (κ1) is 14.4. The van der Waals surface area contributed by atoms with Crippen molar-refractivity contribution in [2.45, 2.75) is 31.4 Å². The zero-order valence-electron chi connectivity index (χ0n) is 12.2. The van der Waals surface area contributed by atoms with E-state index in [1.54, 1.807) is 0 Å². The Bertz CT molecular complexity index is 483. The third-order valence-corrected chi connectivity index (χ3v) is 4.07. The topological polar surface area (TPSA) is 64.8 Å². The lowest BCUT2D eigenvalue weighted by Gasteiger charge is -2.16. The van der Waals surface area contributed by atoms with Gasteiger partial charge < -0.3 is 20.1 Å². The third-order valence-electron chi connectivity index (χ3n) is 4.07. The van der Waals surface area contributed by atoms with Crippen molar-refractivity contribution in [3.8, 4) is 5.75 Å². The quantitative estimate of drug-likeness (QED) is 0.911. The van der Waals surface area contributed by atoms with Crippen molar-refractivity contribution < 1.29 is 14.3 Å². The highest BCUT2D eigenvalue weighted by Gasteiger charge is 2.24. The zero-order valence-corrected chi connectivity index (χ0v) is 12.2. The van der Waals surface area contributed by atoms with Gasteiger partial charge in [0.2, 0.25) is 0 Å². The summed E-state index contributed by atoms with van der Waals surface area (Å²) in [5, 5.41) is 0. The summed E-state index contributed by atoms with van der Waals surface area (Å²) in [6.45, 7) is 2.81. The molecule has 0 aliphatic carbocycles. The second-order valence-electron chi connectivity index (χ2n) is 5.77. The van der Waals surface area contributed by atoms with Crippen LogP contribution in [0.3, 0.4) is 0 Å². The Morgan fingerprint density at radius 3 is 2.76 bits per heavy atom. The van der Waals surface area contributed by atoms with Gasteiger partial charge in [0, 0.05) is 31.3 Å². The molecular formula is C16H22N2O3. The van der Waals surface area contributed by atoms with Gasteiger partial charge in [-0.1, -0.05) is 0 Å². The standard InChI is InChI=1S/C16H22N2O3/c17-13-7-8-18(10-13)16(19)12-3-5-14(6-4-12)21-11-15-2-1-9-20-15/h3-6,13,15H,1-2,7-11,17H2/t13-,15-/m1/s1. The van der Waals surface area contributed by atoms with Gasteiger partial charge in [-0.05, 0) is 43.5 Å². The molecule has 0 radical (unpaired) electrons. The summed E-state index contributed by atoms with van der Waals surface area (Å²) in [4.78, 5) is 14.1. The first-order valence-electron chi connectivity index (χ1n) is 7.62. The second kappa shape index (κ2) is 6.45. The summed E-state index contributed by atoms with van der Waals surface area (Å²) in [6, 6.07) is 7.44. The Morgan fingerprint density at radius 2 is 2.14 bits per heavy atom. The monoisotopic (exact) mass is 290 g/mol. The predicted molar refractivity (Wildman–Crippen MR) is 79.4 cm³/mol. The average Bonchev–Trinajstić information content (AvgIpc) is 3.16. The van der Waals surface area contributed by atoms with Crippen LogP contribution in [0.15, 0.2) is 24.3 Å². The van der Waals surface area contributed by atoms with Crippen molar-refractivity contribution >= 4 is 5.91 Å². The molecule has 0 bridgehead atoms. The fraction of sp³-hybridized carbons (Fsp3) is 0.562. The SMILES string of the molecule is N[C@@H]1CCN(C(=O)c2ccc(OC[C@H]3CCCO3)cc2)C1. The number of hydrogen-bond donors (Lipinski definition) is 1. The van der Waals surface area contributed by atoms with Crippen LogP contribution in [0.5, 0.6) is 5.75 Å². The number of carbonyl (C=O) groups is 1. The average molecular weight is 290 g/mol. The number of hydrogen-bond acceptors (Lipinski definition) is 4. The van der Waals surface area contributed by atoms with E-state index in [2.05, 4.69) is 0 Å². The molecule has 114 valence electrons. The molecule has 3 rings (SSSR count). The molecule has 0 aromatic heterocycles. The van der Waals surface area contributed by atoms with Crippen LogP contribution in [0.1, 0.15) is 29.6 Å². The minimum absolute atomic E-state index is 0.0497. The number of nitrogens with two attached hydrogens (primary N) is 1. The Morgan fingerprint density at radius 1 is 1.33 bits per heavy atom. The largest absolute Gasteiger partial charge is 0.491 e. The molecule has 21 heavy (non-hydrogen) atoms. The Balaban J connectivity index is 1.54. The highest BCUT2D eigenvalue weighted by molar-refractivity contribution is 5.94. The molecule has 2 aliphatic heterocycles. The van der Waals surface area contributed by atoms with Gasteiger partial charge in [0.25, 0.3) is 5.91 Å². The van der Waals surface area contributed by atoms with E-state index in [1.807, 2.05) is 29.2 Å². The maximum atomic E-state index is 12.3. The smallest absolute Gasteiger partial charge is 0.253 e. The van der Waals surface area contributed by atoms with Gasteiger partial charge >= 0.3 is 0 Å². The molecule has 2 aliphatic rings. The highest BCUT2D eigenvalue weighted by atomic mass is 16.5. The molecule has 1 aromatic carbocycles. The summed E-state index contributed by atoms with van der Waals surface area (Å²) in [5.74, 6) is 0.828. The van der Waals surface area contributed by atoms with Gasteiger partial charge in [-0.2, -0.15) is 0 Å². The minimum Gasteiger partial charge on any atom is -0.491 e. The Hall–Kier alpha value is -1.59. The molecule has 2 heterocycles.